The average Bonchev–Trinajstić information content (AvgIpc) is 3.23. The highest BCUT2D eigenvalue weighted by atomic mass is 35.5. The number of rotatable bonds is 5. The summed E-state index contributed by atoms with van der Waals surface area (Å²) in [4.78, 5) is 11.6. The van der Waals surface area contributed by atoms with Crippen LogP contribution in [0.5, 0.6) is 0 Å². The zero-order chi connectivity index (χ0) is 14.8. The Morgan fingerprint density at radius 3 is 3.05 bits per heavy atom. The van der Waals surface area contributed by atoms with Crippen LogP contribution in [0.1, 0.15) is 18.4 Å². The number of carbonyl (C=O) groups excluding carboxylic acids is 1. The third kappa shape index (κ3) is 3.72. The Morgan fingerprint density at radius 1 is 1.48 bits per heavy atom. The quantitative estimate of drug-likeness (QED) is 0.659. The van der Waals surface area contributed by atoms with E-state index in [4.69, 9.17) is 11.6 Å². The fraction of sp³-hybridized carbons (Fsp3) is 0.308. The van der Waals surface area contributed by atoms with Gasteiger partial charge in [-0.15, -0.1) is 10.2 Å². The number of hydrogen-bond donors (Lipinski definition) is 1. The molecule has 1 N–H and O–H groups in total. The van der Waals surface area contributed by atoms with Gasteiger partial charge in [0.2, 0.25) is 11.0 Å². The lowest BCUT2D eigenvalue weighted by molar-refractivity contribution is -0.117. The molecule has 1 saturated carbocycles. The molecular formula is C13H11ClFN3OS2. The van der Waals surface area contributed by atoms with Gasteiger partial charge < -0.3 is 5.32 Å². The monoisotopic (exact) mass is 343 g/mol. The molecule has 1 aliphatic carbocycles. The Labute approximate surface area is 134 Å². The van der Waals surface area contributed by atoms with Gasteiger partial charge in [0, 0.05) is 11.7 Å². The minimum absolute atomic E-state index is 0.00332. The van der Waals surface area contributed by atoms with Crippen molar-refractivity contribution in [3.05, 3.63) is 34.6 Å². The first-order valence-corrected chi connectivity index (χ1v) is 8.51. The number of benzene rings is 1. The van der Waals surface area contributed by atoms with Crippen LogP contribution < -0.4 is 5.32 Å². The van der Waals surface area contributed by atoms with Gasteiger partial charge in [0.15, 0.2) is 4.34 Å². The van der Waals surface area contributed by atoms with Gasteiger partial charge in [-0.1, -0.05) is 46.8 Å². The summed E-state index contributed by atoms with van der Waals surface area (Å²) in [5.74, 6) is 0.144. The highest BCUT2D eigenvalue weighted by Gasteiger charge is 2.30. The number of carbonyl (C=O) groups is 1. The molecule has 1 aliphatic rings. The lowest BCUT2D eigenvalue weighted by Gasteiger charge is -2.02. The van der Waals surface area contributed by atoms with Gasteiger partial charge >= 0.3 is 0 Å². The third-order valence-corrected chi connectivity index (χ3v) is 5.28. The van der Waals surface area contributed by atoms with Crippen LogP contribution in [0.4, 0.5) is 9.52 Å². The largest absolute Gasteiger partial charge is 0.300 e. The Kier molecular flexibility index (Phi) is 4.42. The maximum absolute atomic E-state index is 13.7. The normalized spacial score (nSPS) is 14.2. The second-order valence-corrected chi connectivity index (χ2v) is 7.25. The lowest BCUT2D eigenvalue weighted by Crippen LogP contribution is -2.12. The van der Waals surface area contributed by atoms with Crippen molar-refractivity contribution in [2.24, 2.45) is 5.92 Å². The molecule has 4 nitrogen and oxygen atoms in total. The van der Waals surface area contributed by atoms with E-state index in [1.54, 1.807) is 12.1 Å². The van der Waals surface area contributed by atoms with Gasteiger partial charge in [-0.05, 0) is 24.5 Å². The molecular weight excluding hydrogens is 333 g/mol. The fourth-order valence-corrected chi connectivity index (χ4v) is 3.60. The maximum atomic E-state index is 13.7. The maximum Gasteiger partial charge on any atom is 0.229 e. The highest BCUT2D eigenvalue weighted by Crippen LogP contribution is 2.33. The smallest absolute Gasteiger partial charge is 0.229 e. The molecule has 0 aliphatic heterocycles. The SMILES string of the molecule is O=C(Nc1nnc(SCc2cccc(Cl)c2F)s1)C1CC1. The van der Waals surface area contributed by atoms with Crippen LogP contribution in [0.3, 0.4) is 0 Å². The van der Waals surface area contributed by atoms with Gasteiger partial charge in [-0.3, -0.25) is 4.79 Å². The third-order valence-electron chi connectivity index (χ3n) is 2.97. The van der Waals surface area contributed by atoms with E-state index in [2.05, 4.69) is 15.5 Å². The van der Waals surface area contributed by atoms with Crippen LogP contribution in [0.15, 0.2) is 22.5 Å². The first-order chi connectivity index (χ1) is 10.1. The van der Waals surface area contributed by atoms with Crippen LogP contribution in [0.2, 0.25) is 5.02 Å². The van der Waals surface area contributed by atoms with E-state index in [9.17, 15) is 9.18 Å². The van der Waals surface area contributed by atoms with Gasteiger partial charge in [0.25, 0.3) is 0 Å². The van der Waals surface area contributed by atoms with E-state index < -0.39 is 5.82 Å². The fourth-order valence-electron chi connectivity index (χ4n) is 1.67. The summed E-state index contributed by atoms with van der Waals surface area (Å²) in [5.41, 5.74) is 0.520. The van der Waals surface area contributed by atoms with Crippen molar-refractivity contribution < 1.29 is 9.18 Å². The summed E-state index contributed by atoms with van der Waals surface area (Å²) in [6, 6.07) is 4.91. The number of halogens is 2. The van der Waals surface area contributed by atoms with Gasteiger partial charge in [-0.25, -0.2) is 4.39 Å². The first kappa shape index (κ1) is 14.7. The topological polar surface area (TPSA) is 54.9 Å². The van der Waals surface area contributed by atoms with Gasteiger partial charge in [-0.2, -0.15) is 0 Å². The molecule has 0 spiro atoms. The first-order valence-electron chi connectivity index (χ1n) is 6.33. The van der Waals surface area contributed by atoms with Crippen LogP contribution in [0.25, 0.3) is 0 Å². The van der Waals surface area contributed by atoms with Crippen LogP contribution in [0, 0.1) is 11.7 Å². The molecule has 0 atom stereocenters. The van der Waals surface area contributed by atoms with Crippen molar-refractivity contribution in [1.29, 1.82) is 0 Å². The molecule has 1 fully saturated rings. The summed E-state index contributed by atoms with van der Waals surface area (Å²) >= 11 is 8.39. The molecule has 1 aromatic heterocycles. The predicted octanol–water partition coefficient (Wildman–Crippen LogP) is 3.97. The van der Waals surface area contributed by atoms with Crippen LogP contribution in [-0.2, 0) is 10.5 Å². The lowest BCUT2D eigenvalue weighted by atomic mass is 10.2. The van der Waals surface area contributed by atoms with E-state index in [1.165, 1.54) is 29.2 Å². The van der Waals surface area contributed by atoms with Crippen molar-refractivity contribution >= 4 is 45.7 Å². The Morgan fingerprint density at radius 2 is 2.29 bits per heavy atom. The van der Waals surface area contributed by atoms with Gasteiger partial charge in [0.05, 0.1) is 5.02 Å². The number of amides is 1. The molecule has 1 aromatic carbocycles. The summed E-state index contributed by atoms with van der Waals surface area (Å²) in [5, 5.41) is 11.2. The second-order valence-electron chi connectivity index (χ2n) is 4.64. The number of hydrogen-bond acceptors (Lipinski definition) is 5. The Bertz CT molecular complexity index is 675. The number of aromatic nitrogens is 2. The van der Waals surface area contributed by atoms with Crippen LogP contribution >= 0.6 is 34.7 Å². The number of thioether (sulfide) groups is 1. The van der Waals surface area contributed by atoms with E-state index in [0.717, 1.165) is 12.8 Å². The zero-order valence-electron chi connectivity index (χ0n) is 10.8. The average molecular weight is 344 g/mol. The van der Waals surface area contributed by atoms with Crippen molar-refractivity contribution in [3.8, 4) is 0 Å². The van der Waals surface area contributed by atoms with E-state index in [1.807, 2.05) is 0 Å². The summed E-state index contributed by atoms with van der Waals surface area (Å²) in [6.45, 7) is 0. The second kappa shape index (κ2) is 6.29. The molecule has 8 heteroatoms. The van der Waals surface area contributed by atoms with Gasteiger partial charge in [0.1, 0.15) is 5.82 Å². The number of nitrogens with zero attached hydrogens (tertiary/aromatic N) is 2. The van der Waals surface area contributed by atoms with Crippen molar-refractivity contribution in [3.63, 3.8) is 0 Å². The number of nitrogens with one attached hydrogen (secondary N) is 1. The van der Waals surface area contributed by atoms with E-state index >= 15 is 0 Å². The molecule has 21 heavy (non-hydrogen) atoms. The molecule has 0 unspecified atom stereocenters. The summed E-state index contributed by atoms with van der Waals surface area (Å²) < 4.78 is 14.4. The minimum Gasteiger partial charge on any atom is -0.300 e. The molecule has 2 aromatic rings. The Hall–Kier alpha value is -1.18. The molecule has 1 amide bonds. The molecule has 0 bridgehead atoms. The zero-order valence-corrected chi connectivity index (χ0v) is 13.2. The minimum atomic E-state index is -0.404. The summed E-state index contributed by atoms with van der Waals surface area (Å²) in [7, 11) is 0. The Balaban J connectivity index is 1.59. The molecule has 110 valence electrons. The molecule has 1 heterocycles. The van der Waals surface area contributed by atoms with Crippen molar-refractivity contribution in [2.75, 3.05) is 5.32 Å². The summed E-state index contributed by atoms with van der Waals surface area (Å²) in [6.07, 6.45) is 1.89. The predicted molar refractivity (Wildman–Crippen MR) is 82.2 cm³/mol. The van der Waals surface area contributed by atoms with E-state index in [-0.39, 0.29) is 16.8 Å². The number of anilines is 1. The van der Waals surface area contributed by atoms with Crippen molar-refractivity contribution in [2.45, 2.75) is 22.9 Å². The molecule has 0 radical (unpaired) electrons. The molecule has 0 saturated heterocycles. The van der Waals surface area contributed by atoms with E-state index in [0.29, 0.717) is 20.8 Å². The van der Waals surface area contributed by atoms with Crippen LogP contribution in [-0.4, -0.2) is 16.1 Å². The van der Waals surface area contributed by atoms with Crippen molar-refractivity contribution in [1.82, 2.24) is 10.2 Å². The standard InChI is InChI=1S/C13H11ClFN3OS2/c14-9-3-1-2-8(10(9)15)6-20-13-18-17-12(21-13)16-11(19)7-4-5-7/h1-3,7H,4-6H2,(H,16,17,19). The highest BCUT2D eigenvalue weighted by molar-refractivity contribution is 8.00. The molecule has 3 rings (SSSR count).